The Labute approximate surface area is 94.4 Å². The molecule has 1 aromatic heterocycles. The Hall–Kier alpha value is -0.460. The van der Waals surface area contributed by atoms with Crippen molar-refractivity contribution in [1.29, 1.82) is 0 Å². The molecule has 0 bridgehead atoms. The lowest BCUT2D eigenvalue weighted by molar-refractivity contribution is 0.144. The van der Waals surface area contributed by atoms with E-state index >= 15 is 0 Å². The van der Waals surface area contributed by atoms with Gasteiger partial charge in [0.1, 0.15) is 5.69 Å². The minimum Gasteiger partial charge on any atom is -0.234 e. The van der Waals surface area contributed by atoms with Crippen molar-refractivity contribution in [3.05, 3.63) is 22.3 Å². The van der Waals surface area contributed by atoms with Crippen molar-refractivity contribution in [3.8, 4) is 0 Å². The quantitative estimate of drug-likeness (QED) is 0.780. The van der Waals surface area contributed by atoms with Crippen molar-refractivity contribution in [2.45, 2.75) is 18.4 Å². The maximum Gasteiger partial charge on any atom is 0.280 e. The van der Waals surface area contributed by atoms with Gasteiger partial charge in [-0.1, -0.05) is 11.6 Å². The first-order chi connectivity index (χ1) is 6.73. The maximum atomic E-state index is 12.4. The number of alkyl halides is 2. The molecule has 0 aromatic carbocycles. The number of pyridine rings is 1. The summed E-state index contributed by atoms with van der Waals surface area (Å²) in [5.41, 5.74) is -0.641. The highest BCUT2D eigenvalue weighted by atomic mass is 35.7. The molecular formula is C7H5Cl2F2NO2S. The summed E-state index contributed by atoms with van der Waals surface area (Å²) in [6, 6.07) is 0.936. The van der Waals surface area contributed by atoms with Crippen LogP contribution in [0.3, 0.4) is 0 Å². The second-order valence-electron chi connectivity index (χ2n) is 2.69. The number of halogens is 4. The molecule has 1 rings (SSSR count). The highest BCUT2D eigenvalue weighted by Crippen LogP contribution is 2.28. The Morgan fingerprint density at radius 2 is 2.00 bits per heavy atom. The van der Waals surface area contributed by atoms with Crippen LogP contribution in [0.5, 0.6) is 0 Å². The Morgan fingerprint density at radius 1 is 1.47 bits per heavy atom. The molecule has 0 saturated heterocycles. The minimum absolute atomic E-state index is 0.0377. The van der Waals surface area contributed by atoms with Crippen LogP contribution in [0.25, 0.3) is 0 Å². The predicted molar refractivity (Wildman–Crippen MR) is 52.0 cm³/mol. The third-order valence-corrected chi connectivity index (χ3v) is 3.26. The summed E-state index contributed by atoms with van der Waals surface area (Å²) in [5.74, 6) is 0. The van der Waals surface area contributed by atoms with Gasteiger partial charge in [-0.15, -0.1) is 0 Å². The van der Waals surface area contributed by atoms with Crippen LogP contribution in [-0.2, 0) is 9.05 Å². The van der Waals surface area contributed by atoms with Gasteiger partial charge in [0.25, 0.3) is 15.5 Å². The van der Waals surface area contributed by atoms with E-state index in [1.807, 2.05) is 0 Å². The van der Waals surface area contributed by atoms with Gasteiger partial charge in [0, 0.05) is 15.7 Å². The average Bonchev–Trinajstić information content (AvgIpc) is 2.06. The number of hydrogen-bond donors (Lipinski definition) is 0. The van der Waals surface area contributed by atoms with Crippen molar-refractivity contribution in [1.82, 2.24) is 4.98 Å². The number of nitrogens with zero attached hydrogens (tertiary/aromatic N) is 1. The summed E-state index contributed by atoms with van der Waals surface area (Å²) >= 11 is 5.57. The van der Waals surface area contributed by atoms with E-state index in [0.29, 0.717) is 0 Å². The van der Waals surface area contributed by atoms with Crippen molar-refractivity contribution in [2.75, 3.05) is 0 Å². The molecule has 0 aliphatic rings. The van der Waals surface area contributed by atoms with Gasteiger partial charge in [0.15, 0.2) is 5.03 Å². The Balaban J connectivity index is 3.50. The number of hydrogen-bond acceptors (Lipinski definition) is 3. The Kier molecular flexibility index (Phi) is 3.52. The number of aromatic nitrogens is 1. The summed E-state index contributed by atoms with van der Waals surface area (Å²) < 4.78 is 46.6. The number of rotatable bonds is 2. The van der Waals surface area contributed by atoms with Crippen LogP contribution in [0.2, 0.25) is 5.02 Å². The van der Waals surface area contributed by atoms with Gasteiger partial charge in [-0.25, -0.2) is 22.2 Å². The van der Waals surface area contributed by atoms with E-state index in [2.05, 4.69) is 4.98 Å². The zero-order valence-electron chi connectivity index (χ0n) is 7.34. The molecule has 0 saturated carbocycles. The fourth-order valence-corrected chi connectivity index (χ4v) is 1.88. The lowest BCUT2D eigenvalue weighted by atomic mass is 10.2. The third-order valence-electron chi connectivity index (χ3n) is 1.68. The zero-order valence-corrected chi connectivity index (χ0v) is 9.67. The van der Waals surface area contributed by atoms with Gasteiger partial charge in [-0.05, 0) is 18.6 Å². The van der Waals surface area contributed by atoms with Crippen molar-refractivity contribution < 1.29 is 17.2 Å². The Bertz CT molecular complexity index is 490. The van der Waals surface area contributed by atoms with Crippen LogP contribution < -0.4 is 0 Å². The molecule has 0 amide bonds. The SMILES string of the molecule is Cc1c(Cl)cc(S(=O)(=O)Cl)nc1C(F)F. The molecule has 0 unspecified atom stereocenters. The standard InChI is InChI=1S/C7H5Cl2F2NO2S/c1-3-4(8)2-5(15(9,13)14)12-6(3)7(10)11/h2,7H,1H3. The van der Waals surface area contributed by atoms with Crippen LogP contribution in [0, 0.1) is 6.92 Å². The summed E-state index contributed by atoms with van der Waals surface area (Å²) in [6.45, 7) is 1.32. The normalized spacial score (nSPS) is 12.1. The van der Waals surface area contributed by atoms with E-state index in [0.717, 1.165) is 6.07 Å². The molecule has 0 N–H and O–H groups in total. The lowest BCUT2D eigenvalue weighted by Gasteiger charge is -2.07. The first-order valence-corrected chi connectivity index (χ1v) is 6.32. The molecule has 8 heteroatoms. The van der Waals surface area contributed by atoms with Gasteiger partial charge in [0.05, 0.1) is 0 Å². The predicted octanol–water partition coefficient (Wildman–Crippen LogP) is 2.91. The van der Waals surface area contributed by atoms with Crippen molar-refractivity contribution in [3.63, 3.8) is 0 Å². The molecule has 0 aliphatic heterocycles. The summed E-state index contributed by atoms with van der Waals surface area (Å²) in [7, 11) is 0.811. The average molecular weight is 276 g/mol. The van der Waals surface area contributed by atoms with E-state index < -0.39 is 26.2 Å². The Morgan fingerprint density at radius 3 is 2.40 bits per heavy atom. The van der Waals surface area contributed by atoms with Gasteiger partial charge in [0.2, 0.25) is 0 Å². The molecule has 0 atom stereocenters. The van der Waals surface area contributed by atoms with E-state index in [-0.39, 0.29) is 10.6 Å². The van der Waals surface area contributed by atoms with Crippen LogP contribution in [0.15, 0.2) is 11.1 Å². The molecule has 15 heavy (non-hydrogen) atoms. The van der Waals surface area contributed by atoms with Gasteiger partial charge >= 0.3 is 0 Å². The van der Waals surface area contributed by atoms with Crippen LogP contribution in [0.4, 0.5) is 8.78 Å². The van der Waals surface area contributed by atoms with Crippen molar-refractivity contribution in [2.24, 2.45) is 0 Å². The van der Waals surface area contributed by atoms with E-state index in [4.69, 9.17) is 22.3 Å². The largest absolute Gasteiger partial charge is 0.280 e. The molecular weight excluding hydrogens is 271 g/mol. The van der Waals surface area contributed by atoms with E-state index in [1.165, 1.54) is 6.92 Å². The second-order valence-corrected chi connectivity index (χ2v) is 5.61. The van der Waals surface area contributed by atoms with Gasteiger partial charge < -0.3 is 0 Å². The van der Waals surface area contributed by atoms with Crippen LogP contribution in [-0.4, -0.2) is 13.4 Å². The first kappa shape index (κ1) is 12.6. The van der Waals surface area contributed by atoms with Gasteiger partial charge in [-0.3, -0.25) is 0 Å². The molecule has 3 nitrogen and oxygen atoms in total. The fourth-order valence-electron chi connectivity index (χ4n) is 0.911. The van der Waals surface area contributed by atoms with Crippen LogP contribution >= 0.6 is 22.3 Å². The highest BCUT2D eigenvalue weighted by Gasteiger charge is 2.21. The molecule has 0 aliphatic carbocycles. The zero-order chi connectivity index (χ0) is 11.8. The molecule has 0 radical (unpaired) electrons. The first-order valence-electron chi connectivity index (χ1n) is 3.63. The monoisotopic (exact) mass is 275 g/mol. The van der Waals surface area contributed by atoms with Crippen molar-refractivity contribution >= 4 is 31.3 Å². The van der Waals surface area contributed by atoms with E-state index in [9.17, 15) is 17.2 Å². The fraction of sp³-hybridized carbons (Fsp3) is 0.286. The van der Waals surface area contributed by atoms with Gasteiger partial charge in [-0.2, -0.15) is 0 Å². The van der Waals surface area contributed by atoms with E-state index in [1.54, 1.807) is 0 Å². The highest BCUT2D eigenvalue weighted by molar-refractivity contribution is 8.13. The molecule has 1 aromatic rings. The minimum atomic E-state index is -4.15. The van der Waals surface area contributed by atoms with Crippen LogP contribution in [0.1, 0.15) is 17.7 Å². The second kappa shape index (κ2) is 4.19. The lowest BCUT2D eigenvalue weighted by Crippen LogP contribution is -2.02. The molecule has 0 spiro atoms. The molecule has 0 fully saturated rings. The molecule has 84 valence electrons. The topological polar surface area (TPSA) is 47.0 Å². The smallest absolute Gasteiger partial charge is 0.234 e. The summed E-state index contributed by atoms with van der Waals surface area (Å²) in [5, 5.41) is -0.783. The summed E-state index contributed by atoms with van der Waals surface area (Å²) in [4.78, 5) is 3.25. The molecule has 1 heterocycles. The third kappa shape index (κ3) is 2.76. The summed E-state index contributed by atoms with van der Waals surface area (Å²) in [6.07, 6.45) is -2.90. The maximum absolute atomic E-state index is 12.4.